The highest BCUT2D eigenvalue weighted by Crippen LogP contribution is 2.36. The zero-order valence-corrected chi connectivity index (χ0v) is 27.1. The van der Waals surface area contributed by atoms with Gasteiger partial charge in [-0.3, -0.25) is 19.8 Å². The summed E-state index contributed by atoms with van der Waals surface area (Å²) in [6.07, 6.45) is -10.1. The second-order valence-electron chi connectivity index (χ2n) is 11.9. The molecule has 1 aliphatic heterocycles. The number of alkyl halides is 6. The van der Waals surface area contributed by atoms with Crippen LogP contribution in [0.4, 0.5) is 32.0 Å². The first-order valence-electron chi connectivity index (χ1n) is 15.9. The molecular formula is C37H35F6N5O2. The van der Waals surface area contributed by atoms with E-state index in [0.717, 1.165) is 0 Å². The molecular weight excluding hydrogens is 660 g/mol. The summed E-state index contributed by atoms with van der Waals surface area (Å²) in [5.41, 5.74) is -1.19. The maximum Gasteiger partial charge on any atom is 0.416 e. The Morgan fingerprint density at radius 2 is 1.28 bits per heavy atom. The van der Waals surface area contributed by atoms with Gasteiger partial charge in [0.15, 0.2) is 0 Å². The lowest BCUT2D eigenvalue weighted by Gasteiger charge is -2.40. The van der Waals surface area contributed by atoms with Gasteiger partial charge in [0.2, 0.25) is 11.9 Å². The van der Waals surface area contributed by atoms with E-state index in [4.69, 9.17) is 4.99 Å². The fourth-order valence-electron chi connectivity index (χ4n) is 5.68. The predicted molar refractivity (Wildman–Crippen MR) is 178 cm³/mol. The molecule has 0 spiro atoms. The predicted octanol–water partition coefficient (Wildman–Crippen LogP) is 7.20. The van der Waals surface area contributed by atoms with Crippen molar-refractivity contribution in [2.45, 2.75) is 24.8 Å². The molecule has 2 amide bonds. The number of aliphatic imine (C=N–C) groups is 1. The van der Waals surface area contributed by atoms with Crippen LogP contribution >= 0.6 is 0 Å². The number of carbonyl (C=O) groups is 2. The zero-order chi connectivity index (χ0) is 35.9. The zero-order valence-electron chi connectivity index (χ0n) is 27.1. The van der Waals surface area contributed by atoms with Crippen molar-refractivity contribution in [1.29, 1.82) is 0 Å². The molecule has 4 aromatic carbocycles. The van der Waals surface area contributed by atoms with Crippen LogP contribution in [0.2, 0.25) is 0 Å². The van der Waals surface area contributed by atoms with Crippen molar-refractivity contribution in [3.05, 3.63) is 137 Å². The summed E-state index contributed by atoms with van der Waals surface area (Å²) in [6.45, 7) is 1.45. The van der Waals surface area contributed by atoms with E-state index in [2.05, 4.69) is 5.32 Å². The summed E-state index contributed by atoms with van der Waals surface area (Å²) < 4.78 is 80.5. The normalized spacial score (nSPS) is 15.0. The third kappa shape index (κ3) is 9.29. The highest BCUT2D eigenvalue weighted by atomic mass is 19.4. The van der Waals surface area contributed by atoms with Gasteiger partial charge in [-0.05, 0) is 60.0 Å². The molecule has 50 heavy (non-hydrogen) atoms. The number of amides is 2. The number of para-hydroxylation sites is 1. The minimum atomic E-state index is -4.96. The number of rotatable bonds is 8. The van der Waals surface area contributed by atoms with Gasteiger partial charge in [-0.2, -0.15) is 26.3 Å². The van der Waals surface area contributed by atoms with E-state index in [9.17, 15) is 35.9 Å². The number of hydrogen-bond acceptors (Lipinski definition) is 4. The first-order chi connectivity index (χ1) is 23.8. The summed E-state index contributed by atoms with van der Waals surface area (Å²) in [4.78, 5) is 37.1. The lowest BCUT2D eigenvalue weighted by molar-refractivity contribution is -0.143. The Kier molecular flexibility index (Phi) is 11.3. The monoisotopic (exact) mass is 695 g/mol. The van der Waals surface area contributed by atoms with Gasteiger partial charge in [-0.15, -0.1) is 0 Å². The van der Waals surface area contributed by atoms with Crippen LogP contribution in [0, 0.1) is 0 Å². The smallest absolute Gasteiger partial charge is 0.344 e. The summed E-state index contributed by atoms with van der Waals surface area (Å²) in [5, 5.41) is 2.93. The third-order valence-electron chi connectivity index (χ3n) is 8.34. The van der Waals surface area contributed by atoms with Gasteiger partial charge in [-0.25, -0.2) is 4.99 Å². The number of hydrogen-bond donors (Lipinski definition) is 1. The van der Waals surface area contributed by atoms with Gasteiger partial charge >= 0.3 is 12.4 Å². The number of likely N-dealkylation sites (N-methyl/N-ethyl adjacent to an activating group) is 1. The number of carbonyl (C=O) groups excluding carboxylic acids is 2. The molecule has 5 rings (SSSR count). The van der Waals surface area contributed by atoms with E-state index in [-0.39, 0.29) is 36.4 Å². The molecule has 1 aliphatic rings. The molecule has 0 aliphatic carbocycles. The fourth-order valence-corrected chi connectivity index (χ4v) is 5.68. The molecule has 0 aromatic heterocycles. The number of nitrogens with zero attached hydrogens (tertiary/aromatic N) is 4. The van der Waals surface area contributed by atoms with Crippen LogP contribution in [-0.4, -0.2) is 72.2 Å². The fraction of sp³-hybridized carbons (Fsp3) is 0.270. The van der Waals surface area contributed by atoms with Crippen LogP contribution in [0.5, 0.6) is 0 Å². The van der Waals surface area contributed by atoms with E-state index < -0.39 is 29.5 Å². The average molecular weight is 696 g/mol. The number of nitrogens with one attached hydrogen (secondary N) is 1. The van der Waals surface area contributed by atoms with Crippen molar-refractivity contribution >= 4 is 23.5 Å². The first kappa shape index (κ1) is 36.1. The molecule has 1 N–H and O–H groups in total. The average Bonchev–Trinajstić information content (AvgIpc) is 3.11. The van der Waals surface area contributed by atoms with E-state index in [1.807, 2.05) is 46.2 Å². The lowest BCUT2D eigenvalue weighted by atomic mass is 10.0. The highest BCUT2D eigenvalue weighted by Gasteiger charge is 2.37. The Hall–Kier alpha value is -5.17. The van der Waals surface area contributed by atoms with Crippen LogP contribution in [0.1, 0.15) is 38.7 Å². The molecule has 0 radical (unpaired) electrons. The molecule has 1 saturated heterocycles. The van der Waals surface area contributed by atoms with E-state index in [1.165, 1.54) is 11.9 Å². The summed E-state index contributed by atoms with van der Waals surface area (Å²) in [6, 6.07) is 27.6. The molecule has 4 aromatic rings. The second kappa shape index (κ2) is 15.6. The first-order valence-corrected chi connectivity index (χ1v) is 15.9. The molecule has 262 valence electrons. The van der Waals surface area contributed by atoms with Gasteiger partial charge in [0, 0.05) is 45.3 Å². The van der Waals surface area contributed by atoms with Gasteiger partial charge in [0.25, 0.3) is 5.91 Å². The molecule has 1 unspecified atom stereocenters. The Bertz CT molecular complexity index is 1740. The second-order valence-corrected chi connectivity index (χ2v) is 11.9. The van der Waals surface area contributed by atoms with Gasteiger partial charge in [-0.1, -0.05) is 66.7 Å². The molecule has 0 saturated carbocycles. The Labute approximate surface area is 285 Å². The Morgan fingerprint density at radius 3 is 1.82 bits per heavy atom. The van der Waals surface area contributed by atoms with Crippen LogP contribution in [-0.2, 0) is 23.6 Å². The standard InChI is InChI=1S/C37H35F6N5O2/c1-46(18-17-26-23-29(36(38,39)40)25-30(24-26)37(41,42)43)34(50)32(27-11-5-2-6-12-27)47-19-21-48(22-20-47)35(44-31-15-9-4-10-16-31)45-33(49)28-13-7-3-8-14-28/h2-16,23-25,32H,17-22H2,1H3,(H,44,45,49). The van der Waals surface area contributed by atoms with E-state index in [0.29, 0.717) is 61.1 Å². The maximum absolute atomic E-state index is 14.0. The largest absolute Gasteiger partial charge is 0.416 e. The van der Waals surface area contributed by atoms with Crippen molar-refractivity contribution in [3.63, 3.8) is 0 Å². The maximum atomic E-state index is 14.0. The van der Waals surface area contributed by atoms with Crippen LogP contribution in [0.3, 0.4) is 0 Å². The summed E-state index contributed by atoms with van der Waals surface area (Å²) >= 11 is 0. The minimum absolute atomic E-state index is 0.0898. The Morgan fingerprint density at radius 1 is 0.760 bits per heavy atom. The van der Waals surface area contributed by atoms with Gasteiger partial charge < -0.3 is 9.80 Å². The molecule has 0 bridgehead atoms. The van der Waals surface area contributed by atoms with Crippen LogP contribution in [0.25, 0.3) is 0 Å². The van der Waals surface area contributed by atoms with Crippen LogP contribution < -0.4 is 5.32 Å². The molecule has 13 heteroatoms. The minimum Gasteiger partial charge on any atom is -0.344 e. The third-order valence-corrected chi connectivity index (χ3v) is 8.34. The molecule has 1 heterocycles. The number of piperazine rings is 1. The number of guanidine groups is 1. The number of benzene rings is 4. The lowest BCUT2D eigenvalue weighted by Crippen LogP contribution is -2.55. The van der Waals surface area contributed by atoms with E-state index in [1.54, 1.807) is 54.6 Å². The van der Waals surface area contributed by atoms with Gasteiger partial charge in [0.05, 0.1) is 16.8 Å². The highest BCUT2D eigenvalue weighted by molar-refractivity contribution is 6.06. The van der Waals surface area contributed by atoms with Crippen molar-refractivity contribution in [3.8, 4) is 0 Å². The van der Waals surface area contributed by atoms with Crippen molar-refractivity contribution in [1.82, 2.24) is 20.0 Å². The Balaban J connectivity index is 1.33. The molecule has 1 atom stereocenters. The molecule has 7 nitrogen and oxygen atoms in total. The van der Waals surface area contributed by atoms with Crippen molar-refractivity contribution in [2.75, 3.05) is 39.8 Å². The SMILES string of the molecule is CN(CCc1cc(C(F)(F)F)cc(C(F)(F)F)c1)C(=O)C(c1ccccc1)N1CCN(C(=Nc2ccccc2)NC(=O)c2ccccc2)CC1. The van der Waals surface area contributed by atoms with Gasteiger partial charge in [0.1, 0.15) is 6.04 Å². The quantitative estimate of drug-likeness (QED) is 0.120. The topological polar surface area (TPSA) is 68.2 Å². The van der Waals surface area contributed by atoms with Crippen molar-refractivity contribution in [2.24, 2.45) is 4.99 Å². The van der Waals surface area contributed by atoms with Crippen molar-refractivity contribution < 1.29 is 35.9 Å². The summed E-state index contributed by atoms with van der Waals surface area (Å²) in [7, 11) is 1.48. The number of halogens is 6. The molecule has 1 fully saturated rings. The van der Waals surface area contributed by atoms with E-state index >= 15 is 0 Å². The van der Waals surface area contributed by atoms with Crippen LogP contribution in [0.15, 0.2) is 114 Å². The summed E-state index contributed by atoms with van der Waals surface area (Å²) in [5.74, 6) is -0.336.